The molecule has 5 nitrogen and oxygen atoms in total. The van der Waals surface area contributed by atoms with Crippen LogP contribution < -0.4 is 0 Å². The van der Waals surface area contributed by atoms with Crippen molar-refractivity contribution in [3.8, 4) is 17.6 Å². The quantitative estimate of drug-likeness (QED) is 0.421. The lowest BCUT2D eigenvalue weighted by atomic mass is 10.1. The predicted octanol–water partition coefficient (Wildman–Crippen LogP) is 5.53. The first-order valence-electron chi connectivity index (χ1n) is 6.92. The summed E-state index contributed by atoms with van der Waals surface area (Å²) in [4.78, 5) is 3.76. The smallest absolute Gasteiger partial charge is 0.416 e. The molecule has 0 fully saturated rings. The van der Waals surface area contributed by atoms with Crippen molar-refractivity contribution < 1.29 is 22.7 Å². The Bertz CT molecular complexity index is 1080. The topological polar surface area (TPSA) is 74.7 Å². The number of rotatable bonds is 2. The van der Waals surface area contributed by atoms with Crippen molar-refractivity contribution in [2.24, 2.45) is 0 Å². The molecule has 0 saturated carbocycles. The zero-order valence-electron chi connectivity index (χ0n) is 12.7. The third-order valence-corrected chi connectivity index (χ3v) is 4.36. The van der Waals surface area contributed by atoms with Crippen LogP contribution in [0.25, 0.3) is 16.7 Å². The van der Waals surface area contributed by atoms with Crippen LogP contribution in [0.1, 0.15) is 22.5 Å². The van der Waals surface area contributed by atoms with E-state index >= 15 is 0 Å². The second-order valence-electron chi connectivity index (χ2n) is 5.23. The first-order chi connectivity index (χ1) is 12.5. The molecule has 27 heavy (non-hydrogen) atoms. The SMILES string of the molecule is N#Cc1nn(-c2c(Cl)cc(C(F)(F)F)cc2Cl)c2nc(O)cc(C(F)Cl)c12. The lowest BCUT2D eigenvalue weighted by molar-refractivity contribution is -0.137. The van der Waals surface area contributed by atoms with Gasteiger partial charge in [0.1, 0.15) is 11.8 Å². The first-order valence-corrected chi connectivity index (χ1v) is 8.11. The minimum absolute atomic E-state index is 0.134. The Morgan fingerprint density at radius 1 is 1.19 bits per heavy atom. The van der Waals surface area contributed by atoms with Crippen molar-refractivity contribution in [1.82, 2.24) is 14.8 Å². The van der Waals surface area contributed by atoms with Gasteiger partial charge in [-0.25, -0.2) is 9.07 Å². The molecule has 1 atom stereocenters. The molecular formula is C15H5Cl3F4N4O. The average molecular weight is 440 g/mol. The van der Waals surface area contributed by atoms with Crippen molar-refractivity contribution in [2.75, 3.05) is 0 Å². The zero-order valence-corrected chi connectivity index (χ0v) is 15.0. The first kappa shape index (κ1) is 19.5. The number of halogens is 7. The Morgan fingerprint density at radius 2 is 1.78 bits per heavy atom. The minimum Gasteiger partial charge on any atom is -0.493 e. The molecule has 0 saturated heterocycles. The number of benzene rings is 1. The van der Waals surface area contributed by atoms with Gasteiger partial charge in [-0.1, -0.05) is 34.8 Å². The highest BCUT2D eigenvalue weighted by Crippen LogP contribution is 2.40. The molecule has 0 spiro atoms. The van der Waals surface area contributed by atoms with Crippen LogP contribution in [0.2, 0.25) is 10.0 Å². The Morgan fingerprint density at radius 3 is 2.26 bits per heavy atom. The number of pyridine rings is 1. The van der Waals surface area contributed by atoms with Gasteiger partial charge in [0.25, 0.3) is 0 Å². The van der Waals surface area contributed by atoms with E-state index in [0.29, 0.717) is 12.1 Å². The highest BCUT2D eigenvalue weighted by atomic mass is 35.5. The molecule has 0 aliphatic rings. The standard InChI is InChI=1S/C15H5Cl3F4N4O/c16-7-1-5(15(20,21)22)2-8(17)12(7)26-14-11(9(4-23)25-26)6(13(18)19)3-10(27)24-14/h1-3,13H,(H,24,27). The summed E-state index contributed by atoms with van der Waals surface area (Å²) in [5.74, 6) is -0.648. The molecule has 0 bridgehead atoms. The summed E-state index contributed by atoms with van der Waals surface area (Å²) in [5, 5.41) is 21.8. The fourth-order valence-electron chi connectivity index (χ4n) is 2.47. The Balaban J connectivity index is 2.39. The highest BCUT2D eigenvalue weighted by Gasteiger charge is 2.33. The van der Waals surface area contributed by atoms with E-state index in [1.165, 1.54) is 0 Å². The van der Waals surface area contributed by atoms with E-state index in [2.05, 4.69) is 10.1 Å². The second-order valence-corrected chi connectivity index (χ2v) is 6.43. The van der Waals surface area contributed by atoms with Crippen molar-refractivity contribution in [1.29, 1.82) is 5.26 Å². The van der Waals surface area contributed by atoms with Crippen molar-refractivity contribution in [3.63, 3.8) is 0 Å². The molecule has 1 unspecified atom stereocenters. The molecule has 0 radical (unpaired) electrons. The van der Waals surface area contributed by atoms with Gasteiger partial charge in [-0.05, 0) is 12.1 Å². The number of nitriles is 1. The molecule has 0 aliphatic heterocycles. The maximum absolute atomic E-state index is 13.7. The summed E-state index contributed by atoms with van der Waals surface area (Å²) in [6, 6.07) is 3.84. The summed E-state index contributed by atoms with van der Waals surface area (Å²) in [6.45, 7) is 0. The number of hydrogen-bond acceptors (Lipinski definition) is 4. The third kappa shape index (κ3) is 3.36. The van der Waals surface area contributed by atoms with Crippen molar-refractivity contribution in [3.05, 3.63) is 45.1 Å². The molecule has 2 aromatic heterocycles. The molecule has 1 N–H and O–H groups in total. The Hall–Kier alpha value is -2.28. The van der Waals surface area contributed by atoms with Crippen molar-refractivity contribution >= 4 is 45.8 Å². The molecule has 2 heterocycles. The van der Waals surface area contributed by atoms with E-state index < -0.39 is 33.3 Å². The molecule has 140 valence electrons. The minimum atomic E-state index is -4.69. The monoisotopic (exact) mass is 438 g/mol. The van der Waals surface area contributed by atoms with Crippen molar-refractivity contribution in [2.45, 2.75) is 11.8 Å². The number of alkyl halides is 5. The highest BCUT2D eigenvalue weighted by molar-refractivity contribution is 6.38. The van der Waals surface area contributed by atoms with Gasteiger partial charge in [-0.3, -0.25) is 0 Å². The van der Waals surface area contributed by atoms with E-state index in [0.717, 1.165) is 10.7 Å². The normalized spacial score (nSPS) is 13.0. The maximum Gasteiger partial charge on any atom is 0.416 e. The van der Waals surface area contributed by atoms with Gasteiger partial charge in [0.05, 0.1) is 21.0 Å². The Kier molecular flexibility index (Phi) is 4.84. The van der Waals surface area contributed by atoms with Gasteiger partial charge in [0, 0.05) is 11.6 Å². The van der Waals surface area contributed by atoms with Crippen LogP contribution in [0.4, 0.5) is 17.6 Å². The van der Waals surface area contributed by atoms with Crippen LogP contribution in [-0.2, 0) is 6.18 Å². The molecule has 0 amide bonds. The molecule has 0 aliphatic carbocycles. The molecule has 1 aromatic carbocycles. The summed E-state index contributed by atoms with van der Waals surface area (Å²) in [5.41, 5.74) is -4.31. The van der Waals surface area contributed by atoms with Crippen LogP contribution in [0.15, 0.2) is 18.2 Å². The van der Waals surface area contributed by atoms with Gasteiger partial charge in [-0.15, -0.1) is 0 Å². The summed E-state index contributed by atoms with van der Waals surface area (Å²) in [6.07, 6.45) is -4.69. The number of aromatic nitrogens is 3. The third-order valence-electron chi connectivity index (χ3n) is 3.55. The van der Waals surface area contributed by atoms with E-state index in [1.807, 2.05) is 0 Å². The second kappa shape index (κ2) is 6.71. The fourth-order valence-corrected chi connectivity index (χ4v) is 3.29. The van der Waals surface area contributed by atoms with Gasteiger partial charge in [-0.2, -0.15) is 28.5 Å². The number of fused-ring (bicyclic) bond motifs is 1. The summed E-state index contributed by atoms with van der Waals surface area (Å²) in [7, 11) is 0. The molecule has 3 rings (SSSR count). The van der Waals surface area contributed by atoms with Crippen LogP contribution in [0, 0.1) is 11.3 Å². The maximum atomic E-state index is 13.7. The van der Waals surface area contributed by atoms with Gasteiger partial charge in [0.2, 0.25) is 5.88 Å². The summed E-state index contributed by atoms with van der Waals surface area (Å²) < 4.78 is 53.3. The number of aromatic hydroxyl groups is 1. The molecular weight excluding hydrogens is 435 g/mol. The predicted molar refractivity (Wildman–Crippen MR) is 90.0 cm³/mol. The van der Waals surface area contributed by atoms with Gasteiger partial charge in [0.15, 0.2) is 17.0 Å². The lowest BCUT2D eigenvalue weighted by Gasteiger charge is -2.13. The van der Waals surface area contributed by atoms with Crippen LogP contribution in [0.3, 0.4) is 0 Å². The Labute approximate surface area is 163 Å². The van der Waals surface area contributed by atoms with Gasteiger partial charge >= 0.3 is 6.18 Å². The van der Waals surface area contributed by atoms with E-state index in [-0.39, 0.29) is 28.0 Å². The average Bonchev–Trinajstić information content (AvgIpc) is 2.90. The number of nitrogens with zero attached hydrogens (tertiary/aromatic N) is 4. The largest absolute Gasteiger partial charge is 0.493 e. The van der Waals surface area contributed by atoms with E-state index in [4.69, 9.17) is 34.8 Å². The lowest BCUT2D eigenvalue weighted by Crippen LogP contribution is -2.07. The van der Waals surface area contributed by atoms with Gasteiger partial charge < -0.3 is 5.11 Å². The number of hydrogen-bond donors (Lipinski definition) is 1. The zero-order chi connectivity index (χ0) is 20.1. The van der Waals surface area contributed by atoms with Crippen LogP contribution >= 0.6 is 34.8 Å². The van der Waals surface area contributed by atoms with E-state index in [1.54, 1.807) is 6.07 Å². The van der Waals surface area contributed by atoms with Crippen LogP contribution in [0.5, 0.6) is 5.88 Å². The summed E-state index contributed by atoms with van der Waals surface area (Å²) >= 11 is 17.3. The van der Waals surface area contributed by atoms with Crippen LogP contribution in [-0.4, -0.2) is 19.9 Å². The van der Waals surface area contributed by atoms with E-state index in [9.17, 15) is 27.9 Å². The molecule has 12 heteroatoms. The molecule has 3 aromatic rings. The fraction of sp³-hybridized carbons (Fsp3) is 0.133.